The number of nitrogen functional groups attached to an aromatic ring is 1. The zero-order valence-electron chi connectivity index (χ0n) is 11.5. The van der Waals surface area contributed by atoms with E-state index in [9.17, 15) is 4.79 Å². The second kappa shape index (κ2) is 6.42. The predicted octanol–water partition coefficient (Wildman–Crippen LogP) is 2.67. The molecular formula is C13H17N5OS. The lowest BCUT2D eigenvalue weighted by atomic mass is 10.1. The molecule has 0 fully saturated rings. The summed E-state index contributed by atoms with van der Waals surface area (Å²) in [5, 5.41) is 12.3. The van der Waals surface area contributed by atoms with E-state index in [1.807, 2.05) is 0 Å². The highest BCUT2D eigenvalue weighted by molar-refractivity contribution is 7.15. The minimum atomic E-state index is -0.317. The lowest BCUT2D eigenvalue weighted by Crippen LogP contribution is -2.14. The Morgan fingerprint density at radius 3 is 2.80 bits per heavy atom. The van der Waals surface area contributed by atoms with Crippen molar-refractivity contribution in [1.29, 1.82) is 0 Å². The fourth-order valence-electron chi connectivity index (χ4n) is 1.86. The molecule has 20 heavy (non-hydrogen) atoms. The van der Waals surface area contributed by atoms with Gasteiger partial charge in [-0.3, -0.25) is 10.1 Å². The molecule has 2 heterocycles. The molecule has 0 aliphatic rings. The number of carbonyl (C=O) groups is 1. The fourth-order valence-corrected chi connectivity index (χ4v) is 2.87. The number of nitrogens with zero attached hydrogens (tertiary/aromatic N) is 3. The number of pyridine rings is 1. The van der Waals surface area contributed by atoms with E-state index in [0.717, 1.165) is 17.8 Å². The van der Waals surface area contributed by atoms with Crippen molar-refractivity contribution in [2.75, 3.05) is 11.1 Å². The lowest BCUT2D eigenvalue weighted by Gasteiger charge is -2.06. The van der Waals surface area contributed by atoms with Gasteiger partial charge in [0.25, 0.3) is 5.91 Å². The van der Waals surface area contributed by atoms with Gasteiger partial charge in [-0.2, -0.15) is 0 Å². The molecule has 0 saturated heterocycles. The Balaban J connectivity index is 2.11. The number of hydrogen-bond donors (Lipinski definition) is 2. The monoisotopic (exact) mass is 291 g/mol. The summed E-state index contributed by atoms with van der Waals surface area (Å²) in [5.41, 5.74) is 6.01. The van der Waals surface area contributed by atoms with Gasteiger partial charge in [-0.1, -0.05) is 25.2 Å². The molecule has 0 atom stereocenters. The van der Waals surface area contributed by atoms with Crippen molar-refractivity contribution in [2.45, 2.75) is 32.6 Å². The van der Waals surface area contributed by atoms with Gasteiger partial charge in [0.1, 0.15) is 10.8 Å². The van der Waals surface area contributed by atoms with Crippen LogP contribution in [0, 0.1) is 0 Å². The van der Waals surface area contributed by atoms with Gasteiger partial charge in [0, 0.05) is 12.1 Å². The molecule has 1 amide bonds. The number of hydrogen-bond acceptors (Lipinski definition) is 6. The van der Waals surface area contributed by atoms with Crippen LogP contribution < -0.4 is 11.1 Å². The van der Waals surface area contributed by atoms with Crippen LogP contribution in [0.15, 0.2) is 18.3 Å². The lowest BCUT2D eigenvalue weighted by molar-refractivity contribution is 0.102. The normalized spacial score (nSPS) is 10.8. The second-order valence-corrected chi connectivity index (χ2v) is 5.36. The molecule has 106 valence electrons. The van der Waals surface area contributed by atoms with Crippen LogP contribution in [0.1, 0.15) is 48.0 Å². The highest BCUT2D eigenvalue weighted by atomic mass is 32.1. The van der Waals surface area contributed by atoms with Crippen LogP contribution in [0.2, 0.25) is 0 Å². The van der Waals surface area contributed by atoms with Crippen LogP contribution in [0.4, 0.5) is 10.9 Å². The molecule has 2 aromatic rings. The van der Waals surface area contributed by atoms with Crippen molar-refractivity contribution in [3.8, 4) is 0 Å². The molecule has 0 spiro atoms. The first kappa shape index (κ1) is 14.4. The molecule has 0 aliphatic carbocycles. The highest BCUT2D eigenvalue weighted by Crippen LogP contribution is 2.28. The van der Waals surface area contributed by atoms with Crippen molar-refractivity contribution in [3.05, 3.63) is 28.9 Å². The molecule has 0 bridgehead atoms. The molecule has 6 nitrogen and oxygen atoms in total. The van der Waals surface area contributed by atoms with E-state index >= 15 is 0 Å². The number of amides is 1. The first-order valence-electron chi connectivity index (χ1n) is 6.50. The molecule has 0 radical (unpaired) electrons. The SMILES string of the molecule is CCC(CC)c1nnc(NC(=O)c2cccnc2N)s1. The van der Waals surface area contributed by atoms with Crippen molar-refractivity contribution in [1.82, 2.24) is 15.2 Å². The van der Waals surface area contributed by atoms with E-state index in [1.165, 1.54) is 11.3 Å². The van der Waals surface area contributed by atoms with Crippen LogP contribution in [0.25, 0.3) is 0 Å². The minimum absolute atomic E-state index is 0.203. The van der Waals surface area contributed by atoms with E-state index in [2.05, 4.69) is 34.3 Å². The first-order chi connectivity index (χ1) is 9.65. The van der Waals surface area contributed by atoms with E-state index in [1.54, 1.807) is 18.3 Å². The standard InChI is InChI=1S/C13H17N5OS/c1-3-8(4-2)12-17-18-13(20-12)16-11(19)9-6-5-7-15-10(9)14/h5-8H,3-4H2,1-2H3,(H2,14,15)(H,16,18,19). The molecule has 2 aromatic heterocycles. The molecule has 0 saturated carbocycles. The quantitative estimate of drug-likeness (QED) is 0.883. The zero-order valence-corrected chi connectivity index (χ0v) is 12.3. The van der Waals surface area contributed by atoms with Gasteiger partial charge >= 0.3 is 0 Å². The van der Waals surface area contributed by atoms with Gasteiger partial charge in [0.15, 0.2) is 0 Å². The molecule has 0 aromatic carbocycles. The van der Waals surface area contributed by atoms with E-state index < -0.39 is 0 Å². The third-order valence-corrected chi connectivity index (χ3v) is 4.08. The number of carbonyl (C=O) groups excluding carboxylic acids is 1. The van der Waals surface area contributed by atoms with E-state index in [-0.39, 0.29) is 11.7 Å². The molecule has 2 rings (SSSR count). The third kappa shape index (κ3) is 3.11. The average Bonchev–Trinajstić information content (AvgIpc) is 2.89. The fraction of sp³-hybridized carbons (Fsp3) is 0.385. The van der Waals surface area contributed by atoms with Gasteiger partial charge in [-0.15, -0.1) is 10.2 Å². The Kier molecular flexibility index (Phi) is 4.62. The number of aromatic nitrogens is 3. The summed E-state index contributed by atoms with van der Waals surface area (Å²) in [7, 11) is 0. The number of anilines is 2. The van der Waals surface area contributed by atoms with Crippen LogP contribution in [0.3, 0.4) is 0 Å². The Hall–Kier alpha value is -2.02. The summed E-state index contributed by atoms with van der Waals surface area (Å²) >= 11 is 1.40. The molecular weight excluding hydrogens is 274 g/mol. The Labute approximate surface area is 121 Å². The van der Waals surface area contributed by atoms with Gasteiger partial charge in [0.2, 0.25) is 5.13 Å². The van der Waals surface area contributed by atoms with Crippen molar-refractivity contribution in [2.24, 2.45) is 0 Å². The molecule has 0 aliphatic heterocycles. The summed E-state index contributed by atoms with van der Waals surface area (Å²) in [4.78, 5) is 15.9. The van der Waals surface area contributed by atoms with Gasteiger partial charge < -0.3 is 5.73 Å². The summed E-state index contributed by atoms with van der Waals surface area (Å²) in [6.45, 7) is 4.23. The number of nitrogens with one attached hydrogen (secondary N) is 1. The van der Waals surface area contributed by atoms with E-state index in [0.29, 0.717) is 16.6 Å². The topological polar surface area (TPSA) is 93.8 Å². The zero-order chi connectivity index (χ0) is 14.5. The van der Waals surface area contributed by atoms with Crippen molar-refractivity contribution < 1.29 is 4.79 Å². The first-order valence-corrected chi connectivity index (χ1v) is 7.32. The predicted molar refractivity (Wildman–Crippen MR) is 79.8 cm³/mol. The van der Waals surface area contributed by atoms with E-state index in [4.69, 9.17) is 5.73 Å². The average molecular weight is 291 g/mol. The van der Waals surface area contributed by atoms with Gasteiger partial charge in [0.05, 0.1) is 5.56 Å². The summed E-state index contributed by atoms with van der Waals surface area (Å²) in [6, 6.07) is 3.29. The maximum atomic E-state index is 12.1. The molecule has 7 heteroatoms. The van der Waals surface area contributed by atoms with Gasteiger partial charge in [-0.05, 0) is 25.0 Å². The Bertz CT molecular complexity index is 594. The van der Waals surface area contributed by atoms with Crippen LogP contribution >= 0.6 is 11.3 Å². The van der Waals surface area contributed by atoms with Crippen LogP contribution in [-0.4, -0.2) is 21.1 Å². The van der Waals surface area contributed by atoms with Crippen molar-refractivity contribution in [3.63, 3.8) is 0 Å². The molecule has 0 unspecified atom stereocenters. The van der Waals surface area contributed by atoms with Gasteiger partial charge in [-0.25, -0.2) is 4.98 Å². The Morgan fingerprint density at radius 2 is 2.15 bits per heavy atom. The number of nitrogens with two attached hydrogens (primary N) is 1. The van der Waals surface area contributed by atoms with Crippen molar-refractivity contribution >= 4 is 28.2 Å². The Morgan fingerprint density at radius 1 is 1.40 bits per heavy atom. The minimum Gasteiger partial charge on any atom is -0.383 e. The molecule has 3 N–H and O–H groups in total. The van der Waals surface area contributed by atoms with Crippen LogP contribution in [0.5, 0.6) is 0 Å². The maximum Gasteiger partial charge on any atom is 0.261 e. The maximum absolute atomic E-state index is 12.1. The third-order valence-electron chi connectivity index (χ3n) is 3.08. The number of rotatable bonds is 5. The van der Waals surface area contributed by atoms with Crippen LogP contribution in [-0.2, 0) is 0 Å². The summed E-state index contributed by atoms with van der Waals surface area (Å²) in [6.07, 6.45) is 3.56. The smallest absolute Gasteiger partial charge is 0.261 e. The largest absolute Gasteiger partial charge is 0.383 e. The second-order valence-electron chi connectivity index (χ2n) is 4.35. The highest BCUT2D eigenvalue weighted by Gasteiger charge is 2.16. The summed E-state index contributed by atoms with van der Waals surface area (Å²) in [5.74, 6) is 0.277. The summed E-state index contributed by atoms with van der Waals surface area (Å²) < 4.78 is 0.